The van der Waals surface area contributed by atoms with Gasteiger partial charge in [-0.25, -0.2) is 0 Å². The third-order valence-corrected chi connectivity index (χ3v) is 13.8. The minimum Gasteiger partial charge on any atom is -0.462 e. The Bertz CT molecular complexity index is 1200. The molecule has 380 valence electrons. The number of ether oxygens (including phenoxy) is 6. The molecule has 0 heterocycles. The van der Waals surface area contributed by atoms with E-state index in [9.17, 15) is 33.9 Å². The van der Waals surface area contributed by atoms with Crippen molar-refractivity contribution in [2.24, 2.45) is 0 Å². The Morgan fingerprint density at radius 3 is 0.985 bits per heavy atom. The van der Waals surface area contributed by atoms with Crippen molar-refractivity contribution in [3.05, 3.63) is 0 Å². The standard InChI is InChI=1S/C47H86N2O13S3/c1-7-10-13-16-36-63-39(4)45(54)60-33-30-57-42(51)20-25-48(26-21-43(52)58-31-34-61-46(55)40(5)64-37-17-14-11-8-2)23-19-24-49(28-29-50)27-22-44(53)59-32-35-62-47(56)41(6)65-38-18-15-12-9-3/h39-41,50H,7-38H2,1-6H3. The fraction of sp³-hybridized carbons (Fsp3) is 0.872. The summed E-state index contributed by atoms with van der Waals surface area (Å²) in [6, 6.07) is 0. The van der Waals surface area contributed by atoms with Crippen molar-refractivity contribution in [3.63, 3.8) is 0 Å². The van der Waals surface area contributed by atoms with Crippen LogP contribution in [0.25, 0.3) is 0 Å². The van der Waals surface area contributed by atoms with Crippen molar-refractivity contribution in [2.75, 3.05) is 103 Å². The predicted octanol–water partition coefficient (Wildman–Crippen LogP) is 7.51. The van der Waals surface area contributed by atoms with Crippen molar-refractivity contribution < 1.29 is 62.3 Å². The molecule has 0 aliphatic carbocycles. The number of aliphatic hydroxyl groups excluding tert-OH is 1. The molecule has 65 heavy (non-hydrogen) atoms. The van der Waals surface area contributed by atoms with Gasteiger partial charge in [-0.1, -0.05) is 78.6 Å². The predicted molar refractivity (Wildman–Crippen MR) is 262 cm³/mol. The number of carbonyl (C=O) groups is 6. The lowest BCUT2D eigenvalue weighted by atomic mass is 10.2. The second-order valence-electron chi connectivity index (χ2n) is 15.9. The van der Waals surface area contributed by atoms with E-state index in [0.29, 0.717) is 32.6 Å². The van der Waals surface area contributed by atoms with Gasteiger partial charge in [0.25, 0.3) is 0 Å². The molecule has 0 rings (SSSR count). The molecule has 0 aromatic rings. The minimum absolute atomic E-state index is 0.0147. The maximum atomic E-state index is 12.7. The number of carbonyl (C=O) groups excluding carboxylic acids is 6. The molecule has 0 aromatic carbocycles. The van der Waals surface area contributed by atoms with Crippen LogP contribution in [0.2, 0.25) is 0 Å². The quantitative estimate of drug-likeness (QED) is 0.0359. The lowest BCUT2D eigenvalue weighted by molar-refractivity contribution is -0.152. The molecule has 0 aliphatic rings. The lowest BCUT2D eigenvalue weighted by Crippen LogP contribution is -2.35. The maximum Gasteiger partial charge on any atom is 0.318 e. The first-order valence-electron chi connectivity index (χ1n) is 24.2. The van der Waals surface area contributed by atoms with Crippen LogP contribution in [0, 0.1) is 0 Å². The zero-order chi connectivity index (χ0) is 48.3. The van der Waals surface area contributed by atoms with Gasteiger partial charge < -0.3 is 43.3 Å². The SMILES string of the molecule is CCCCCCSC(C)C(=O)OCCOC(=O)CCN(CCO)CCCN(CCC(=O)OCCOC(=O)C(C)SCCCCCC)CCC(=O)OCCOC(=O)C(C)SCCCCCC. The van der Waals surface area contributed by atoms with E-state index in [1.807, 2.05) is 30.6 Å². The third-order valence-electron chi connectivity index (χ3n) is 10.1. The highest BCUT2D eigenvalue weighted by Gasteiger charge is 2.19. The average molecular weight is 983 g/mol. The smallest absolute Gasteiger partial charge is 0.318 e. The molecule has 18 heteroatoms. The maximum absolute atomic E-state index is 12.7. The summed E-state index contributed by atoms with van der Waals surface area (Å²) in [5.41, 5.74) is 0. The summed E-state index contributed by atoms with van der Waals surface area (Å²) in [4.78, 5) is 78.7. The molecule has 3 unspecified atom stereocenters. The van der Waals surface area contributed by atoms with Gasteiger partial charge in [-0.2, -0.15) is 0 Å². The van der Waals surface area contributed by atoms with E-state index in [-0.39, 0.29) is 112 Å². The average Bonchev–Trinajstić information content (AvgIpc) is 3.29. The molecule has 15 nitrogen and oxygen atoms in total. The number of aliphatic hydroxyl groups is 1. The number of unbranched alkanes of at least 4 members (excludes halogenated alkanes) is 9. The molecular weight excluding hydrogens is 897 g/mol. The van der Waals surface area contributed by atoms with Crippen molar-refractivity contribution in [1.82, 2.24) is 9.80 Å². The molecule has 0 aliphatic heterocycles. The van der Waals surface area contributed by atoms with E-state index in [1.165, 1.54) is 19.3 Å². The molecule has 0 saturated heterocycles. The third kappa shape index (κ3) is 38.4. The van der Waals surface area contributed by atoms with Crippen molar-refractivity contribution >= 4 is 71.1 Å². The summed E-state index contributed by atoms with van der Waals surface area (Å²) in [6.07, 6.45) is 14.4. The van der Waals surface area contributed by atoms with E-state index in [2.05, 4.69) is 20.8 Å². The highest BCUT2D eigenvalue weighted by molar-refractivity contribution is 8.01. The van der Waals surface area contributed by atoms with Gasteiger partial charge in [-0.3, -0.25) is 28.8 Å². The Morgan fingerprint density at radius 1 is 0.400 bits per heavy atom. The van der Waals surface area contributed by atoms with Crippen LogP contribution in [-0.2, 0) is 57.2 Å². The van der Waals surface area contributed by atoms with E-state index >= 15 is 0 Å². The molecule has 0 saturated carbocycles. The molecule has 0 amide bonds. The number of esters is 6. The Labute approximate surface area is 404 Å². The molecule has 0 radical (unpaired) electrons. The minimum atomic E-state index is -0.469. The van der Waals surface area contributed by atoms with Crippen LogP contribution in [0.5, 0.6) is 0 Å². The molecule has 1 N–H and O–H groups in total. The van der Waals surface area contributed by atoms with Gasteiger partial charge in [-0.15, -0.1) is 35.3 Å². The van der Waals surface area contributed by atoms with E-state index in [1.54, 1.807) is 35.3 Å². The van der Waals surface area contributed by atoms with Crippen molar-refractivity contribution in [3.8, 4) is 0 Å². The highest BCUT2D eigenvalue weighted by atomic mass is 32.2. The molecular formula is C47H86N2O13S3. The van der Waals surface area contributed by atoms with Crippen LogP contribution in [0.15, 0.2) is 0 Å². The Kier molecular flexibility index (Phi) is 42.7. The largest absolute Gasteiger partial charge is 0.462 e. The van der Waals surface area contributed by atoms with Crippen LogP contribution in [0.3, 0.4) is 0 Å². The number of rotatable bonds is 45. The van der Waals surface area contributed by atoms with Gasteiger partial charge in [-0.05, 0) is 76.8 Å². The fourth-order valence-corrected chi connectivity index (χ4v) is 8.90. The molecule has 0 fully saturated rings. The first kappa shape index (κ1) is 62.8. The summed E-state index contributed by atoms with van der Waals surface area (Å²) in [7, 11) is 0. The Balaban J connectivity index is 4.94. The van der Waals surface area contributed by atoms with Gasteiger partial charge in [0.15, 0.2) is 0 Å². The lowest BCUT2D eigenvalue weighted by Gasteiger charge is -2.25. The summed E-state index contributed by atoms with van der Waals surface area (Å²) in [5, 5.41) is 8.82. The van der Waals surface area contributed by atoms with Crippen LogP contribution in [0.4, 0.5) is 0 Å². The second kappa shape index (κ2) is 44.3. The number of hydrogen-bond acceptors (Lipinski definition) is 18. The number of thioether (sulfide) groups is 3. The monoisotopic (exact) mass is 983 g/mol. The van der Waals surface area contributed by atoms with Crippen molar-refractivity contribution in [1.29, 1.82) is 0 Å². The van der Waals surface area contributed by atoms with Gasteiger partial charge in [0.1, 0.15) is 39.6 Å². The van der Waals surface area contributed by atoms with Crippen LogP contribution >= 0.6 is 35.3 Å². The fourth-order valence-electron chi connectivity index (χ4n) is 6.11. The van der Waals surface area contributed by atoms with E-state index in [4.69, 9.17) is 28.4 Å². The molecule has 0 bridgehead atoms. The zero-order valence-corrected chi connectivity index (χ0v) is 43.3. The van der Waals surface area contributed by atoms with Crippen LogP contribution in [-0.4, -0.2) is 169 Å². The summed E-state index contributed by atoms with van der Waals surface area (Å²) in [6.45, 7) is 13.8. The Hall–Kier alpha value is -2.25. The summed E-state index contributed by atoms with van der Waals surface area (Å²) < 4.78 is 31.8. The second-order valence-corrected chi connectivity index (χ2v) is 20.2. The number of nitrogens with zero attached hydrogens (tertiary/aromatic N) is 2. The molecule has 3 atom stereocenters. The summed E-state index contributed by atoms with van der Waals surface area (Å²) in [5.74, 6) is 0.302. The zero-order valence-electron chi connectivity index (χ0n) is 40.8. The highest BCUT2D eigenvalue weighted by Crippen LogP contribution is 2.17. The van der Waals surface area contributed by atoms with Gasteiger partial charge >= 0.3 is 35.8 Å². The van der Waals surface area contributed by atoms with E-state index < -0.39 is 17.9 Å². The normalized spacial score (nSPS) is 12.7. The van der Waals surface area contributed by atoms with Gasteiger partial charge in [0, 0.05) is 26.2 Å². The van der Waals surface area contributed by atoms with Crippen molar-refractivity contribution in [2.45, 2.75) is 160 Å². The first-order chi connectivity index (χ1) is 31.4. The van der Waals surface area contributed by atoms with Gasteiger partial charge in [0.2, 0.25) is 0 Å². The number of hydrogen-bond donors (Lipinski definition) is 1. The Morgan fingerprint density at radius 2 is 0.692 bits per heavy atom. The summed E-state index contributed by atoms with van der Waals surface area (Å²) >= 11 is 4.68. The topological polar surface area (TPSA) is 185 Å². The molecule has 0 aromatic heterocycles. The van der Waals surface area contributed by atoms with E-state index in [0.717, 1.165) is 75.0 Å². The van der Waals surface area contributed by atoms with Gasteiger partial charge in [0.05, 0.1) is 41.6 Å². The molecule has 0 spiro atoms. The van der Waals surface area contributed by atoms with Crippen LogP contribution in [0.1, 0.15) is 144 Å². The van der Waals surface area contributed by atoms with Crippen LogP contribution < -0.4 is 0 Å². The first-order valence-corrected chi connectivity index (χ1v) is 27.4.